The van der Waals surface area contributed by atoms with E-state index >= 15 is 0 Å². The normalized spacial score (nSPS) is 13.4. The first kappa shape index (κ1) is 19.9. The lowest BCUT2D eigenvalue weighted by Gasteiger charge is -2.30. The summed E-state index contributed by atoms with van der Waals surface area (Å²) in [7, 11) is 6.35. The zero-order valence-corrected chi connectivity index (χ0v) is 19.2. The maximum Gasteiger partial charge on any atom is 0.226 e. The summed E-state index contributed by atoms with van der Waals surface area (Å²) in [6.45, 7) is 0.698. The minimum Gasteiger partial charge on any atom is -0.503 e. The predicted molar refractivity (Wildman–Crippen MR) is 129 cm³/mol. The molecule has 6 nitrogen and oxygen atoms in total. The van der Waals surface area contributed by atoms with E-state index in [0.717, 1.165) is 37.2 Å². The molecule has 0 aliphatic carbocycles. The zero-order valence-electron chi connectivity index (χ0n) is 17.6. The maximum absolute atomic E-state index is 13.6. The van der Waals surface area contributed by atoms with E-state index in [9.17, 15) is 9.90 Å². The van der Waals surface area contributed by atoms with Crippen molar-refractivity contribution in [3.8, 4) is 5.75 Å². The Labute approximate surface area is 187 Å². The van der Waals surface area contributed by atoms with Gasteiger partial charge in [0.1, 0.15) is 0 Å². The van der Waals surface area contributed by atoms with Crippen molar-refractivity contribution < 1.29 is 9.59 Å². The van der Waals surface area contributed by atoms with Gasteiger partial charge in [0.2, 0.25) is 5.43 Å². The third-order valence-corrected chi connectivity index (χ3v) is 6.37. The summed E-state index contributed by atoms with van der Waals surface area (Å²) in [5.74, 6) is -0.440. The summed E-state index contributed by atoms with van der Waals surface area (Å²) in [5.41, 5.74) is 3.69. The molecule has 2 aromatic carbocycles. The smallest absolute Gasteiger partial charge is 0.226 e. The van der Waals surface area contributed by atoms with Crippen LogP contribution in [0.25, 0.3) is 32.7 Å². The number of hydrogen-bond donors (Lipinski definition) is 4. The third kappa shape index (κ3) is 3.25. The fraction of sp³-hybridized carbons (Fsp3) is 0.208. The van der Waals surface area contributed by atoms with Gasteiger partial charge in [-0.3, -0.25) is 4.79 Å². The molecule has 1 atom stereocenters. The van der Waals surface area contributed by atoms with Crippen LogP contribution in [0, 0.1) is 0 Å². The number of nitrogens with one attached hydrogen (secondary N) is 3. The van der Waals surface area contributed by atoms with Crippen LogP contribution in [-0.2, 0) is 0 Å². The molecule has 0 saturated heterocycles. The molecule has 3 aromatic heterocycles. The van der Waals surface area contributed by atoms with Crippen LogP contribution >= 0.6 is 15.9 Å². The van der Waals surface area contributed by atoms with Crippen molar-refractivity contribution in [1.82, 2.24) is 15.0 Å². The molecule has 0 radical (unpaired) electrons. The van der Waals surface area contributed by atoms with Crippen molar-refractivity contribution in [1.29, 1.82) is 0 Å². The van der Waals surface area contributed by atoms with Crippen LogP contribution in [0.15, 0.2) is 58.2 Å². The number of benzene rings is 2. The van der Waals surface area contributed by atoms with Crippen LogP contribution in [-0.4, -0.2) is 52.2 Å². The molecule has 0 amide bonds. The molecule has 0 fully saturated rings. The summed E-state index contributed by atoms with van der Waals surface area (Å²) in [6.07, 6.45) is 5.58. The van der Waals surface area contributed by atoms with Gasteiger partial charge in [0.15, 0.2) is 5.75 Å². The van der Waals surface area contributed by atoms with E-state index in [4.69, 9.17) is 0 Å². The van der Waals surface area contributed by atoms with Gasteiger partial charge in [0.25, 0.3) is 0 Å². The van der Waals surface area contributed by atoms with Gasteiger partial charge in [-0.2, -0.15) is 0 Å². The van der Waals surface area contributed by atoms with Crippen molar-refractivity contribution in [3.05, 3.63) is 74.7 Å². The largest absolute Gasteiger partial charge is 0.503 e. The van der Waals surface area contributed by atoms with Gasteiger partial charge in [-0.05, 0) is 35.2 Å². The van der Waals surface area contributed by atoms with Gasteiger partial charge in [-0.25, -0.2) is 0 Å². The van der Waals surface area contributed by atoms with Crippen LogP contribution in [0.3, 0.4) is 0 Å². The quantitative estimate of drug-likeness (QED) is 0.279. The molecule has 0 aliphatic heterocycles. The fourth-order valence-electron chi connectivity index (χ4n) is 4.62. The molecule has 4 N–H and O–H groups in total. The number of quaternary nitrogens is 1. The number of phenolic OH excluding ortho intramolecular Hbond substituents is 1. The standard InChI is InChI=1S/C24H23BrN4O2/c1-29(2,3)12-17(16-11-28-19-10-13(25)4-5-14(16)19)20-15-6-8-26-18-7-9-27-22(21(15)18)24(31)23(20)30/h4-11,17,28H,12H2,1-3H3,(H2-,26,27,30,31)/p+1. The number of H-pyrrole nitrogens is 3. The average Bonchev–Trinajstić information content (AvgIpc) is 3.13. The van der Waals surface area contributed by atoms with E-state index in [2.05, 4.69) is 58.1 Å². The van der Waals surface area contributed by atoms with E-state index < -0.39 is 0 Å². The van der Waals surface area contributed by atoms with Crippen LogP contribution in [0.5, 0.6) is 5.75 Å². The predicted octanol–water partition coefficient (Wildman–Crippen LogP) is 4.80. The van der Waals surface area contributed by atoms with E-state index in [0.29, 0.717) is 22.1 Å². The average molecular weight is 480 g/mol. The van der Waals surface area contributed by atoms with Crippen molar-refractivity contribution >= 4 is 48.6 Å². The summed E-state index contributed by atoms with van der Waals surface area (Å²) in [4.78, 5) is 23.2. The highest BCUT2D eigenvalue weighted by Gasteiger charge is 2.30. The van der Waals surface area contributed by atoms with Gasteiger partial charge in [0.05, 0.1) is 39.1 Å². The number of phenols is 1. The Morgan fingerprint density at radius 3 is 2.55 bits per heavy atom. The van der Waals surface area contributed by atoms with Crippen molar-refractivity contribution in [2.24, 2.45) is 0 Å². The first-order chi connectivity index (χ1) is 14.7. The molecule has 0 aliphatic rings. The van der Waals surface area contributed by atoms with Gasteiger partial charge in [0, 0.05) is 50.4 Å². The van der Waals surface area contributed by atoms with E-state index in [1.54, 1.807) is 6.20 Å². The van der Waals surface area contributed by atoms with Gasteiger partial charge < -0.3 is 24.5 Å². The second-order valence-electron chi connectivity index (χ2n) is 9.08. The number of likely N-dealkylation sites (N-methyl/N-ethyl adjacent to an activating group) is 1. The zero-order chi connectivity index (χ0) is 21.9. The maximum atomic E-state index is 13.6. The molecule has 0 spiro atoms. The molecule has 0 bridgehead atoms. The number of fused-ring (bicyclic) bond motifs is 1. The van der Waals surface area contributed by atoms with Crippen LogP contribution in [0.1, 0.15) is 17.0 Å². The summed E-state index contributed by atoms with van der Waals surface area (Å²) >= 11 is 3.53. The molecular formula is C24H24BrN4O2+. The molecule has 158 valence electrons. The monoisotopic (exact) mass is 479 g/mol. The number of pyridine rings is 2. The van der Waals surface area contributed by atoms with Gasteiger partial charge in [-0.1, -0.05) is 22.0 Å². The second-order valence-corrected chi connectivity index (χ2v) is 10.00. The molecule has 7 heteroatoms. The minimum atomic E-state index is -0.327. The molecule has 0 saturated carbocycles. The molecule has 31 heavy (non-hydrogen) atoms. The molecule has 5 rings (SSSR count). The lowest BCUT2D eigenvalue weighted by Crippen LogP contribution is -2.39. The van der Waals surface area contributed by atoms with Crippen LogP contribution in [0.4, 0.5) is 0 Å². The highest BCUT2D eigenvalue weighted by atomic mass is 79.9. The Hall–Kier alpha value is -3.03. The first-order valence-corrected chi connectivity index (χ1v) is 10.9. The van der Waals surface area contributed by atoms with E-state index in [-0.39, 0.29) is 17.1 Å². The summed E-state index contributed by atoms with van der Waals surface area (Å²) in [5, 5.41) is 13.7. The Morgan fingerprint density at radius 1 is 1.00 bits per heavy atom. The van der Waals surface area contributed by atoms with Gasteiger partial charge >= 0.3 is 0 Å². The lowest BCUT2D eigenvalue weighted by atomic mass is 9.86. The highest BCUT2D eigenvalue weighted by Crippen LogP contribution is 2.38. The molecule has 5 aromatic rings. The van der Waals surface area contributed by atoms with E-state index in [1.165, 1.54) is 0 Å². The van der Waals surface area contributed by atoms with Crippen LogP contribution < -0.4 is 5.43 Å². The Kier molecular flexibility index (Phi) is 4.50. The van der Waals surface area contributed by atoms with Crippen LogP contribution in [0.2, 0.25) is 0 Å². The molecule has 3 heterocycles. The SMILES string of the molecule is C[N+](C)(C)CC(c1c[nH]c2cc(Br)ccc12)c1c(=O)c(O)c2[nH]ccc3[nH]ccc1c32. The summed E-state index contributed by atoms with van der Waals surface area (Å²) < 4.78 is 1.66. The Bertz CT molecular complexity index is 1500. The summed E-state index contributed by atoms with van der Waals surface area (Å²) in [6, 6.07) is 9.98. The third-order valence-electron chi connectivity index (χ3n) is 5.87. The number of aromatic nitrogens is 3. The van der Waals surface area contributed by atoms with Crippen molar-refractivity contribution in [3.63, 3.8) is 0 Å². The number of aromatic amines is 3. The topological polar surface area (TPSA) is 84.7 Å². The number of nitrogens with zero attached hydrogens (tertiary/aromatic N) is 1. The van der Waals surface area contributed by atoms with E-state index in [1.807, 2.05) is 36.7 Å². The minimum absolute atomic E-state index is 0.205. The Morgan fingerprint density at radius 2 is 1.77 bits per heavy atom. The van der Waals surface area contributed by atoms with Crippen molar-refractivity contribution in [2.45, 2.75) is 5.92 Å². The fourth-order valence-corrected chi connectivity index (χ4v) is 4.98. The Balaban J connectivity index is 1.89. The highest BCUT2D eigenvalue weighted by molar-refractivity contribution is 9.10. The first-order valence-electron chi connectivity index (χ1n) is 10.1. The number of hydrogen-bond acceptors (Lipinski definition) is 2. The number of aromatic hydroxyl groups is 1. The molecule has 1 unspecified atom stereocenters. The number of halogens is 1. The molecular weight excluding hydrogens is 456 g/mol. The second kappa shape index (κ2) is 7.00. The van der Waals surface area contributed by atoms with Crippen molar-refractivity contribution in [2.75, 3.05) is 27.7 Å². The number of rotatable bonds is 4. The van der Waals surface area contributed by atoms with Gasteiger partial charge in [-0.15, -0.1) is 0 Å². The lowest BCUT2D eigenvalue weighted by molar-refractivity contribution is -0.871.